The van der Waals surface area contributed by atoms with Gasteiger partial charge in [-0.05, 0) is 24.9 Å². The van der Waals surface area contributed by atoms with Gasteiger partial charge in [0.2, 0.25) is 0 Å². The summed E-state index contributed by atoms with van der Waals surface area (Å²) in [6.07, 6.45) is 1.14. The maximum Gasteiger partial charge on any atom is 0.0622 e. The lowest BCUT2D eigenvalue weighted by Gasteiger charge is -2.29. The van der Waals surface area contributed by atoms with E-state index in [9.17, 15) is 0 Å². The van der Waals surface area contributed by atoms with E-state index in [0.717, 1.165) is 26.2 Å². The summed E-state index contributed by atoms with van der Waals surface area (Å²) in [5.41, 5.74) is 7.55. The number of nitrogens with two attached hydrogens (primary N) is 1. The summed E-state index contributed by atoms with van der Waals surface area (Å²) in [5.74, 6) is 0.443. The fourth-order valence-electron chi connectivity index (χ4n) is 2.59. The summed E-state index contributed by atoms with van der Waals surface area (Å²) >= 11 is 0. The smallest absolute Gasteiger partial charge is 0.0622 e. The molecule has 18 heavy (non-hydrogen) atoms. The summed E-state index contributed by atoms with van der Waals surface area (Å²) in [6, 6.07) is 11.0. The van der Waals surface area contributed by atoms with Crippen molar-refractivity contribution in [2.45, 2.75) is 25.4 Å². The Kier molecular flexibility index (Phi) is 4.75. The molecule has 0 aromatic heterocycles. The Labute approximate surface area is 110 Å². The summed E-state index contributed by atoms with van der Waals surface area (Å²) in [5, 5.41) is 0. The average Bonchev–Trinajstić information content (AvgIpc) is 2.92. The minimum absolute atomic E-state index is 0.107. The standard InChI is InChI=1S/C15H24N2O/c1-12(10-17(2)14-8-9-18-11-14)15(16)13-6-4-3-5-7-13/h3-7,12,14-15H,8-11,16H2,1-2H3. The zero-order valence-corrected chi connectivity index (χ0v) is 11.4. The molecular formula is C15H24N2O. The largest absolute Gasteiger partial charge is 0.380 e. The van der Waals surface area contributed by atoms with Gasteiger partial charge in [-0.15, -0.1) is 0 Å². The highest BCUT2D eigenvalue weighted by Crippen LogP contribution is 2.21. The summed E-state index contributed by atoms with van der Waals surface area (Å²) in [7, 11) is 2.17. The number of hydrogen-bond acceptors (Lipinski definition) is 3. The van der Waals surface area contributed by atoms with Crippen molar-refractivity contribution in [3.8, 4) is 0 Å². The van der Waals surface area contributed by atoms with Crippen molar-refractivity contribution in [1.29, 1.82) is 0 Å². The highest BCUT2D eigenvalue weighted by atomic mass is 16.5. The lowest BCUT2D eigenvalue weighted by molar-refractivity contribution is 0.147. The van der Waals surface area contributed by atoms with E-state index in [1.165, 1.54) is 5.56 Å². The number of rotatable bonds is 5. The molecule has 0 saturated carbocycles. The van der Waals surface area contributed by atoms with Crippen molar-refractivity contribution in [1.82, 2.24) is 4.90 Å². The molecular weight excluding hydrogens is 224 g/mol. The van der Waals surface area contributed by atoms with Crippen LogP contribution in [0.3, 0.4) is 0 Å². The van der Waals surface area contributed by atoms with Gasteiger partial charge >= 0.3 is 0 Å². The number of nitrogens with zero attached hydrogens (tertiary/aromatic N) is 1. The molecule has 0 spiro atoms. The van der Waals surface area contributed by atoms with Crippen molar-refractivity contribution in [2.24, 2.45) is 11.7 Å². The van der Waals surface area contributed by atoms with Crippen LogP contribution < -0.4 is 5.73 Å². The fourth-order valence-corrected chi connectivity index (χ4v) is 2.59. The van der Waals surface area contributed by atoms with E-state index in [4.69, 9.17) is 10.5 Å². The first-order chi connectivity index (χ1) is 8.68. The summed E-state index contributed by atoms with van der Waals surface area (Å²) in [6.45, 7) is 5.01. The summed E-state index contributed by atoms with van der Waals surface area (Å²) < 4.78 is 5.43. The van der Waals surface area contributed by atoms with Crippen LogP contribution in [0.1, 0.15) is 24.9 Å². The lowest BCUT2D eigenvalue weighted by Crippen LogP contribution is -2.38. The Bertz CT molecular complexity index is 349. The van der Waals surface area contributed by atoms with Crippen LogP contribution in [0.4, 0.5) is 0 Å². The first-order valence-electron chi connectivity index (χ1n) is 6.77. The van der Waals surface area contributed by atoms with Crippen molar-refractivity contribution < 1.29 is 4.74 Å². The van der Waals surface area contributed by atoms with Gasteiger partial charge in [-0.3, -0.25) is 0 Å². The second-order valence-corrected chi connectivity index (χ2v) is 5.37. The average molecular weight is 248 g/mol. The van der Waals surface area contributed by atoms with Crippen molar-refractivity contribution >= 4 is 0 Å². The SMILES string of the molecule is CC(CN(C)C1CCOC1)C(N)c1ccccc1. The topological polar surface area (TPSA) is 38.5 Å². The summed E-state index contributed by atoms with van der Waals surface area (Å²) in [4.78, 5) is 2.39. The molecule has 1 heterocycles. The quantitative estimate of drug-likeness (QED) is 0.866. The molecule has 0 aliphatic carbocycles. The van der Waals surface area contributed by atoms with Crippen LogP contribution in [-0.4, -0.2) is 37.7 Å². The highest BCUT2D eigenvalue weighted by molar-refractivity contribution is 5.19. The first kappa shape index (κ1) is 13.5. The Hall–Kier alpha value is -0.900. The van der Waals surface area contributed by atoms with Gasteiger partial charge in [0.15, 0.2) is 0 Å². The van der Waals surface area contributed by atoms with Crippen LogP contribution in [0.25, 0.3) is 0 Å². The Balaban J connectivity index is 1.88. The maximum absolute atomic E-state index is 6.33. The van der Waals surface area contributed by atoms with Crippen LogP contribution in [0, 0.1) is 5.92 Å². The fraction of sp³-hybridized carbons (Fsp3) is 0.600. The van der Waals surface area contributed by atoms with E-state index >= 15 is 0 Å². The molecule has 100 valence electrons. The van der Waals surface area contributed by atoms with E-state index in [1.54, 1.807) is 0 Å². The third-order valence-corrected chi connectivity index (χ3v) is 3.90. The van der Waals surface area contributed by atoms with E-state index < -0.39 is 0 Å². The number of benzene rings is 1. The molecule has 3 heteroatoms. The van der Waals surface area contributed by atoms with Crippen LogP contribution in [0.15, 0.2) is 30.3 Å². The molecule has 1 aromatic rings. The first-order valence-corrected chi connectivity index (χ1v) is 6.77. The van der Waals surface area contributed by atoms with Crippen molar-refractivity contribution in [2.75, 3.05) is 26.8 Å². The molecule has 1 aromatic carbocycles. The second kappa shape index (κ2) is 6.32. The van der Waals surface area contributed by atoms with Gasteiger partial charge in [-0.1, -0.05) is 37.3 Å². The molecule has 3 unspecified atom stereocenters. The van der Waals surface area contributed by atoms with Gasteiger partial charge in [0.25, 0.3) is 0 Å². The highest BCUT2D eigenvalue weighted by Gasteiger charge is 2.23. The lowest BCUT2D eigenvalue weighted by atomic mass is 9.94. The van der Waals surface area contributed by atoms with Gasteiger partial charge in [-0.25, -0.2) is 0 Å². The Morgan fingerprint density at radius 1 is 1.39 bits per heavy atom. The van der Waals surface area contributed by atoms with Gasteiger partial charge in [0.05, 0.1) is 6.61 Å². The molecule has 0 bridgehead atoms. The molecule has 0 radical (unpaired) electrons. The number of ether oxygens (including phenoxy) is 1. The monoisotopic (exact) mass is 248 g/mol. The number of hydrogen-bond donors (Lipinski definition) is 1. The van der Waals surface area contributed by atoms with Crippen molar-refractivity contribution in [3.63, 3.8) is 0 Å². The molecule has 3 atom stereocenters. The predicted octanol–water partition coefficient (Wildman–Crippen LogP) is 2.04. The maximum atomic E-state index is 6.33. The molecule has 1 fully saturated rings. The zero-order valence-electron chi connectivity index (χ0n) is 11.4. The van der Waals surface area contributed by atoms with Gasteiger partial charge in [0, 0.05) is 25.2 Å². The minimum atomic E-state index is 0.107. The molecule has 0 amide bonds. The van der Waals surface area contributed by atoms with E-state index in [2.05, 4.69) is 43.1 Å². The van der Waals surface area contributed by atoms with Crippen LogP contribution in [-0.2, 0) is 4.74 Å². The van der Waals surface area contributed by atoms with Crippen molar-refractivity contribution in [3.05, 3.63) is 35.9 Å². The van der Waals surface area contributed by atoms with Crippen LogP contribution >= 0.6 is 0 Å². The number of likely N-dealkylation sites (N-methyl/N-ethyl adjacent to an activating group) is 1. The predicted molar refractivity (Wildman–Crippen MR) is 74.4 cm³/mol. The van der Waals surface area contributed by atoms with Gasteiger partial charge < -0.3 is 15.4 Å². The normalized spacial score (nSPS) is 23.2. The van der Waals surface area contributed by atoms with Gasteiger partial charge in [-0.2, -0.15) is 0 Å². The zero-order chi connectivity index (χ0) is 13.0. The van der Waals surface area contributed by atoms with E-state index in [-0.39, 0.29) is 6.04 Å². The molecule has 1 aliphatic heterocycles. The molecule has 2 rings (SSSR count). The van der Waals surface area contributed by atoms with Crippen LogP contribution in [0.2, 0.25) is 0 Å². The molecule has 3 nitrogen and oxygen atoms in total. The minimum Gasteiger partial charge on any atom is -0.380 e. The van der Waals surface area contributed by atoms with Gasteiger partial charge in [0.1, 0.15) is 0 Å². The molecule has 2 N–H and O–H groups in total. The Morgan fingerprint density at radius 2 is 2.11 bits per heavy atom. The molecule has 1 aliphatic rings. The third kappa shape index (κ3) is 3.31. The molecule has 1 saturated heterocycles. The van der Waals surface area contributed by atoms with Crippen LogP contribution in [0.5, 0.6) is 0 Å². The Morgan fingerprint density at radius 3 is 2.72 bits per heavy atom. The third-order valence-electron chi connectivity index (χ3n) is 3.90. The van der Waals surface area contributed by atoms with E-state index in [0.29, 0.717) is 12.0 Å². The second-order valence-electron chi connectivity index (χ2n) is 5.37. The van der Waals surface area contributed by atoms with E-state index in [1.807, 2.05) is 6.07 Å².